The molecule has 19 heavy (non-hydrogen) atoms. The Kier molecular flexibility index (Phi) is 5.57. The van der Waals surface area contributed by atoms with Crippen molar-refractivity contribution in [2.75, 3.05) is 16.8 Å². The summed E-state index contributed by atoms with van der Waals surface area (Å²) < 4.78 is 0. The predicted octanol–water partition coefficient (Wildman–Crippen LogP) is 2.30. The molecule has 0 saturated heterocycles. The smallest absolute Gasteiger partial charge is 0.234 e. The van der Waals surface area contributed by atoms with Gasteiger partial charge in [0, 0.05) is 22.5 Å². The minimum atomic E-state index is -0.270. The van der Waals surface area contributed by atoms with Gasteiger partial charge in [0.2, 0.25) is 5.91 Å². The highest BCUT2D eigenvalue weighted by Gasteiger charge is 2.12. The van der Waals surface area contributed by atoms with Gasteiger partial charge in [-0.15, -0.1) is 0 Å². The fraction of sp³-hybridized carbons (Fsp3) is 0.429. The van der Waals surface area contributed by atoms with Crippen molar-refractivity contribution < 1.29 is 9.59 Å². The van der Waals surface area contributed by atoms with E-state index in [2.05, 4.69) is 5.32 Å². The molecule has 1 rings (SSSR count). The standard InChI is InChI=1S/C14H20N2O2S/c1-10(17)11-4-6-12(7-5-11)16-13(18)8-19-9-14(2,3)15/h4-7H,8-9,15H2,1-3H3,(H,16,18). The van der Waals surface area contributed by atoms with Gasteiger partial charge in [-0.3, -0.25) is 9.59 Å². The lowest BCUT2D eigenvalue weighted by Crippen LogP contribution is -2.35. The molecular formula is C14H20N2O2S. The van der Waals surface area contributed by atoms with E-state index in [-0.39, 0.29) is 17.2 Å². The summed E-state index contributed by atoms with van der Waals surface area (Å²) in [6.07, 6.45) is 0. The molecule has 0 unspecified atom stereocenters. The van der Waals surface area contributed by atoms with Crippen LogP contribution in [0.25, 0.3) is 0 Å². The molecular weight excluding hydrogens is 260 g/mol. The molecule has 0 aliphatic rings. The summed E-state index contributed by atoms with van der Waals surface area (Å²) in [6.45, 7) is 5.37. The van der Waals surface area contributed by atoms with Crippen molar-refractivity contribution in [3.63, 3.8) is 0 Å². The maximum absolute atomic E-state index is 11.7. The van der Waals surface area contributed by atoms with Gasteiger partial charge in [0.25, 0.3) is 0 Å². The van der Waals surface area contributed by atoms with Crippen LogP contribution in [0.15, 0.2) is 24.3 Å². The molecule has 0 fully saturated rings. The van der Waals surface area contributed by atoms with Gasteiger partial charge in [0.15, 0.2) is 5.78 Å². The first kappa shape index (κ1) is 15.7. The summed E-state index contributed by atoms with van der Waals surface area (Å²) >= 11 is 1.50. The van der Waals surface area contributed by atoms with Crippen molar-refractivity contribution in [2.45, 2.75) is 26.3 Å². The fourth-order valence-electron chi connectivity index (χ4n) is 1.39. The lowest BCUT2D eigenvalue weighted by atomic mass is 10.1. The molecule has 0 bridgehead atoms. The molecule has 0 aromatic heterocycles. The third-order valence-electron chi connectivity index (χ3n) is 2.28. The third-order valence-corrected chi connectivity index (χ3v) is 3.70. The molecule has 0 atom stereocenters. The monoisotopic (exact) mass is 280 g/mol. The topological polar surface area (TPSA) is 72.2 Å². The molecule has 1 amide bonds. The molecule has 3 N–H and O–H groups in total. The minimum Gasteiger partial charge on any atom is -0.325 e. The van der Waals surface area contributed by atoms with Crippen molar-refractivity contribution in [1.29, 1.82) is 0 Å². The molecule has 1 aromatic rings. The van der Waals surface area contributed by atoms with Crippen molar-refractivity contribution in [3.8, 4) is 0 Å². The number of hydrogen-bond acceptors (Lipinski definition) is 4. The Morgan fingerprint density at radius 3 is 2.32 bits per heavy atom. The number of rotatable bonds is 6. The zero-order valence-electron chi connectivity index (χ0n) is 11.5. The van der Waals surface area contributed by atoms with Crippen LogP contribution >= 0.6 is 11.8 Å². The Hall–Kier alpha value is -1.33. The molecule has 1 aromatic carbocycles. The first-order valence-electron chi connectivity index (χ1n) is 6.05. The van der Waals surface area contributed by atoms with E-state index < -0.39 is 0 Å². The Morgan fingerprint density at radius 1 is 1.26 bits per heavy atom. The number of anilines is 1. The number of thioether (sulfide) groups is 1. The molecule has 0 aliphatic carbocycles. The van der Waals surface area contributed by atoms with Crippen molar-refractivity contribution in [1.82, 2.24) is 0 Å². The van der Waals surface area contributed by atoms with E-state index in [0.29, 0.717) is 17.0 Å². The highest BCUT2D eigenvalue weighted by Crippen LogP contribution is 2.13. The van der Waals surface area contributed by atoms with Crippen LogP contribution in [-0.4, -0.2) is 28.7 Å². The summed E-state index contributed by atoms with van der Waals surface area (Å²) in [4.78, 5) is 22.8. The van der Waals surface area contributed by atoms with Crippen LogP contribution in [0.2, 0.25) is 0 Å². The van der Waals surface area contributed by atoms with Gasteiger partial charge in [-0.05, 0) is 45.0 Å². The van der Waals surface area contributed by atoms with Crippen LogP contribution in [0.4, 0.5) is 5.69 Å². The van der Waals surface area contributed by atoms with E-state index in [0.717, 1.165) is 5.75 Å². The first-order chi connectivity index (χ1) is 8.78. The number of carbonyl (C=O) groups is 2. The highest BCUT2D eigenvalue weighted by molar-refractivity contribution is 8.00. The summed E-state index contributed by atoms with van der Waals surface area (Å²) in [5.74, 6) is 1.04. The summed E-state index contributed by atoms with van der Waals surface area (Å²) in [5, 5.41) is 2.78. The number of Topliss-reactive ketones (excluding diaryl/α,β-unsaturated/α-hetero) is 1. The van der Waals surface area contributed by atoms with Crippen LogP contribution in [0, 0.1) is 0 Å². The number of nitrogens with two attached hydrogens (primary N) is 1. The number of amides is 1. The van der Waals surface area contributed by atoms with E-state index >= 15 is 0 Å². The van der Waals surface area contributed by atoms with E-state index in [1.807, 2.05) is 13.8 Å². The minimum absolute atomic E-state index is 0.0126. The van der Waals surface area contributed by atoms with Gasteiger partial charge in [-0.25, -0.2) is 0 Å². The second-order valence-corrected chi connectivity index (χ2v) is 6.15. The third kappa shape index (κ3) is 6.40. The molecule has 5 heteroatoms. The van der Waals surface area contributed by atoms with E-state index in [4.69, 9.17) is 5.73 Å². The van der Waals surface area contributed by atoms with Crippen LogP contribution in [0.5, 0.6) is 0 Å². The van der Waals surface area contributed by atoms with Gasteiger partial charge >= 0.3 is 0 Å². The van der Waals surface area contributed by atoms with E-state index in [1.54, 1.807) is 24.3 Å². The Morgan fingerprint density at radius 2 is 1.84 bits per heavy atom. The van der Waals surface area contributed by atoms with E-state index in [1.165, 1.54) is 18.7 Å². The average Bonchev–Trinajstić information content (AvgIpc) is 2.27. The number of benzene rings is 1. The molecule has 0 aliphatic heterocycles. The molecule has 104 valence electrons. The average molecular weight is 280 g/mol. The van der Waals surface area contributed by atoms with Gasteiger partial charge in [-0.2, -0.15) is 11.8 Å². The highest BCUT2D eigenvalue weighted by atomic mass is 32.2. The van der Waals surface area contributed by atoms with E-state index in [9.17, 15) is 9.59 Å². The van der Waals surface area contributed by atoms with Crippen LogP contribution in [0.1, 0.15) is 31.1 Å². The van der Waals surface area contributed by atoms with Crippen LogP contribution < -0.4 is 11.1 Å². The van der Waals surface area contributed by atoms with Gasteiger partial charge in [0.05, 0.1) is 5.75 Å². The Bertz CT molecular complexity index is 450. The lowest BCUT2D eigenvalue weighted by Gasteiger charge is -2.17. The SMILES string of the molecule is CC(=O)c1ccc(NC(=O)CSCC(C)(C)N)cc1. The van der Waals surface area contributed by atoms with Gasteiger partial charge in [-0.1, -0.05) is 0 Å². The van der Waals surface area contributed by atoms with Crippen LogP contribution in [0.3, 0.4) is 0 Å². The number of carbonyl (C=O) groups excluding carboxylic acids is 2. The Balaban J connectivity index is 2.42. The fourth-order valence-corrected chi connectivity index (χ4v) is 2.28. The summed E-state index contributed by atoms with van der Waals surface area (Å²) in [5.41, 5.74) is 6.90. The van der Waals surface area contributed by atoms with Crippen molar-refractivity contribution in [3.05, 3.63) is 29.8 Å². The molecule has 0 saturated carbocycles. The van der Waals surface area contributed by atoms with Crippen molar-refractivity contribution in [2.24, 2.45) is 5.73 Å². The quantitative estimate of drug-likeness (QED) is 0.784. The molecule has 0 spiro atoms. The Labute approximate surface area is 118 Å². The molecule has 0 radical (unpaired) electrons. The number of ketones is 1. The first-order valence-corrected chi connectivity index (χ1v) is 7.21. The molecule has 0 heterocycles. The van der Waals surface area contributed by atoms with Gasteiger partial charge in [0.1, 0.15) is 0 Å². The van der Waals surface area contributed by atoms with Gasteiger partial charge < -0.3 is 11.1 Å². The summed E-state index contributed by atoms with van der Waals surface area (Å²) in [6, 6.07) is 6.86. The predicted molar refractivity (Wildman–Crippen MR) is 80.7 cm³/mol. The second-order valence-electron chi connectivity index (χ2n) is 5.16. The maximum Gasteiger partial charge on any atom is 0.234 e. The normalized spacial score (nSPS) is 11.2. The lowest BCUT2D eigenvalue weighted by molar-refractivity contribution is -0.113. The zero-order valence-corrected chi connectivity index (χ0v) is 12.3. The second kappa shape index (κ2) is 6.73. The maximum atomic E-state index is 11.7. The van der Waals surface area contributed by atoms with Crippen molar-refractivity contribution >= 4 is 29.1 Å². The van der Waals surface area contributed by atoms with Crippen LogP contribution in [-0.2, 0) is 4.79 Å². The number of nitrogens with one attached hydrogen (secondary N) is 1. The summed E-state index contributed by atoms with van der Waals surface area (Å²) in [7, 11) is 0. The number of hydrogen-bond donors (Lipinski definition) is 2. The zero-order chi connectivity index (χ0) is 14.5. The largest absolute Gasteiger partial charge is 0.325 e. The molecule has 4 nitrogen and oxygen atoms in total.